The van der Waals surface area contributed by atoms with E-state index in [1.165, 1.54) is 5.56 Å². The number of pyridine rings is 1. The van der Waals surface area contributed by atoms with Crippen LogP contribution in [-0.4, -0.2) is 23.5 Å². The predicted octanol–water partition coefficient (Wildman–Crippen LogP) is 2.39. The summed E-state index contributed by atoms with van der Waals surface area (Å²) in [6.07, 6.45) is 0.921. The van der Waals surface area contributed by atoms with Crippen molar-refractivity contribution < 1.29 is 9.53 Å². The summed E-state index contributed by atoms with van der Waals surface area (Å²) in [5.74, 6) is 1.20. The molecule has 2 heterocycles. The fourth-order valence-corrected chi connectivity index (χ4v) is 2.25. The molecule has 1 atom stereocenters. The van der Waals surface area contributed by atoms with Crippen LogP contribution in [0.2, 0.25) is 0 Å². The number of ether oxygens (including phenoxy) is 1. The lowest BCUT2D eigenvalue weighted by Crippen LogP contribution is -2.32. The van der Waals surface area contributed by atoms with Crippen LogP contribution in [-0.2, 0) is 11.2 Å². The molecule has 1 amide bonds. The number of nitrogens with zero attached hydrogens (tertiary/aromatic N) is 1. The van der Waals surface area contributed by atoms with Gasteiger partial charge in [0.2, 0.25) is 5.91 Å². The average molecular weight is 320 g/mol. The SMILES string of the molecule is CC(N)C(=O)Nc1cccc(-c2ccc3c(c2)CCO3)n1.Cl. The maximum atomic E-state index is 11.6. The van der Waals surface area contributed by atoms with Gasteiger partial charge in [-0.15, -0.1) is 12.4 Å². The zero-order chi connectivity index (χ0) is 14.8. The van der Waals surface area contributed by atoms with Gasteiger partial charge in [0.15, 0.2) is 0 Å². The number of hydrogen-bond acceptors (Lipinski definition) is 4. The first-order chi connectivity index (χ1) is 10.1. The Balaban J connectivity index is 0.00000176. The smallest absolute Gasteiger partial charge is 0.242 e. The van der Waals surface area contributed by atoms with Gasteiger partial charge in [-0.25, -0.2) is 4.98 Å². The molecule has 3 N–H and O–H groups in total. The molecule has 0 spiro atoms. The number of fused-ring (bicyclic) bond motifs is 1. The number of rotatable bonds is 3. The van der Waals surface area contributed by atoms with Gasteiger partial charge in [0.25, 0.3) is 0 Å². The molecule has 0 saturated heterocycles. The highest BCUT2D eigenvalue weighted by molar-refractivity contribution is 5.93. The van der Waals surface area contributed by atoms with Crippen LogP contribution >= 0.6 is 12.4 Å². The standard InChI is InChI=1S/C16H17N3O2.ClH/c1-10(17)16(20)19-15-4-2-3-13(18-15)11-5-6-14-12(9-11)7-8-21-14;/h2-6,9-10H,7-8,17H2,1H3,(H,18,19,20);1H. The summed E-state index contributed by atoms with van der Waals surface area (Å²) in [7, 11) is 0. The van der Waals surface area contributed by atoms with E-state index in [1.807, 2.05) is 24.3 Å². The lowest BCUT2D eigenvalue weighted by Gasteiger charge is -2.09. The first-order valence-corrected chi connectivity index (χ1v) is 6.93. The number of aromatic nitrogens is 1. The van der Waals surface area contributed by atoms with Crippen LogP contribution in [0.4, 0.5) is 5.82 Å². The zero-order valence-corrected chi connectivity index (χ0v) is 13.0. The molecule has 0 saturated carbocycles. The van der Waals surface area contributed by atoms with E-state index < -0.39 is 6.04 Å². The molecule has 1 aromatic carbocycles. The van der Waals surface area contributed by atoms with E-state index in [-0.39, 0.29) is 18.3 Å². The van der Waals surface area contributed by atoms with E-state index in [2.05, 4.69) is 16.4 Å². The molecule has 2 aromatic rings. The molecule has 1 aliphatic heterocycles. The fraction of sp³-hybridized carbons (Fsp3) is 0.250. The maximum absolute atomic E-state index is 11.6. The molecular formula is C16H18ClN3O2. The van der Waals surface area contributed by atoms with E-state index in [4.69, 9.17) is 10.5 Å². The Hall–Kier alpha value is -2.11. The first kappa shape index (κ1) is 16.3. The van der Waals surface area contributed by atoms with Gasteiger partial charge in [0.05, 0.1) is 18.3 Å². The topological polar surface area (TPSA) is 77.2 Å². The summed E-state index contributed by atoms with van der Waals surface area (Å²) in [6.45, 7) is 2.37. The molecule has 1 unspecified atom stereocenters. The third-order valence-electron chi connectivity index (χ3n) is 3.40. The van der Waals surface area contributed by atoms with Gasteiger partial charge in [-0.3, -0.25) is 4.79 Å². The van der Waals surface area contributed by atoms with Gasteiger partial charge >= 0.3 is 0 Å². The van der Waals surface area contributed by atoms with Crippen molar-refractivity contribution >= 4 is 24.1 Å². The molecule has 3 rings (SSSR count). The Bertz CT molecular complexity index is 689. The minimum atomic E-state index is -0.562. The van der Waals surface area contributed by atoms with Crippen molar-refractivity contribution in [3.05, 3.63) is 42.0 Å². The van der Waals surface area contributed by atoms with Gasteiger partial charge in [-0.2, -0.15) is 0 Å². The number of nitrogens with two attached hydrogens (primary N) is 1. The lowest BCUT2D eigenvalue weighted by atomic mass is 10.1. The summed E-state index contributed by atoms with van der Waals surface area (Å²) in [4.78, 5) is 16.1. The summed E-state index contributed by atoms with van der Waals surface area (Å²) in [5, 5.41) is 2.70. The summed E-state index contributed by atoms with van der Waals surface area (Å²) in [5.41, 5.74) is 8.56. The Morgan fingerprint density at radius 3 is 2.95 bits per heavy atom. The minimum absolute atomic E-state index is 0. The van der Waals surface area contributed by atoms with Crippen molar-refractivity contribution in [2.75, 3.05) is 11.9 Å². The number of amides is 1. The molecule has 116 valence electrons. The van der Waals surface area contributed by atoms with Gasteiger partial charge in [-0.1, -0.05) is 6.07 Å². The average Bonchev–Trinajstić information content (AvgIpc) is 2.94. The summed E-state index contributed by atoms with van der Waals surface area (Å²) >= 11 is 0. The largest absolute Gasteiger partial charge is 0.493 e. The molecule has 6 heteroatoms. The molecule has 1 aromatic heterocycles. The van der Waals surface area contributed by atoms with Crippen molar-refractivity contribution in [2.24, 2.45) is 5.73 Å². The first-order valence-electron chi connectivity index (χ1n) is 6.93. The van der Waals surface area contributed by atoms with E-state index >= 15 is 0 Å². The Labute approximate surface area is 135 Å². The second kappa shape index (κ2) is 6.77. The van der Waals surface area contributed by atoms with Gasteiger partial charge in [-0.05, 0) is 42.8 Å². The van der Waals surface area contributed by atoms with E-state index in [0.29, 0.717) is 5.82 Å². The van der Waals surface area contributed by atoms with Crippen molar-refractivity contribution in [1.82, 2.24) is 4.98 Å². The molecule has 0 aliphatic carbocycles. The third kappa shape index (κ3) is 3.37. The number of carbonyl (C=O) groups is 1. The van der Waals surface area contributed by atoms with Crippen LogP contribution in [0.3, 0.4) is 0 Å². The quantitative estimate of drug-likeness (QED) is 0.910. The second-order valence-electron chi connectivity index (χ2n) is 5.11. The van der Waals surface area contributed by atoms with Crippen LogP contribution in [0.5, 0.6) is 5.75 Å². The maximum Gasteiger partial charge on any atom is 0.242 e. The number of halogens is 1. The van der Waals surface area contributed by atoms with Crippen molar-refractivity contribution in [3.63, 3.8) is 0 Å². The van der Waals surface area contributed by atoms with Crippen LogP contribution < -0.4 is 15.8 Å². The molecule has 22 heavy (non-hydrogen) atoms. The van der Waals surface area contributed by atoms with Gasteiger partial charge in [0.1, 0.15) is 11.6 Å². The molecule has 1 aliphatic rings. The molecular weight excluding hydrogens is 302 g/mol. The van der Waals surface area contributed by atoms with Crippen molar-refractivity contribution in [3.8, 4) is 17.0 Å². The highest BCUT2D eigenvalue weighted by Gasteiger charge is 2.14. The van der Waals surface area contributed by atoms with Crippen LogP contribution in [0, 0.1) is 0 Å². The summed E-state index contributed by atoms with van der Waals surface area (Å²) < 4.78 is 5.50. The number of hydrogen-bond donors (Lipinski definition) is 2. The van der Waals surface area contributed by atoms with Gasteiger partial charge in [0, 0.05) is 12.0 Å². The predicted molar refractivity (Wildman–Crippen MR) is 88.4 cm³/mol. The molecule has 0 radical (unpaired) electrons. The fourth-order valence-electron chi connectivity index (χ4n) is 2.25. The Morgan fingerprint density at radius 2 is 2.18 bits per heavy atom. The summed E-state index contributed by atoms with van der Waals surface area (Å²) in [6, 6.07) is 11.0. The molecule has 0 fully saturated rings. The molecule has 5 nitrogen and oxygen atoms in total. The highest BCUT2D eigenvalue weighted by Crippen LogP contribution is 2.30. The Morgan fingerprint density at radius 1 is 1.36 bits per heavy atom. The number of anilines is 1. The van der Waals surface area contributed by atoms with Crippen molar-refractivity contribution in [2.45, 2.75) is 19.4 Å². The number of nitrogens with one attached hydrogen (secondary N) is 1. The van der Waals surface area contributed by atoms with Crippen LogP contribution in [0.25, 0.3) is 11.3 Å². The minimum Gasteiger partial charge on any atom is -0.493 e. The normalized spacial score (nSPS) is 13.5. The zero-order valence-electron chi connectivity index (χ0n) is 12.2. The number of benzene rings is 1. The van der Waals surface area contributed by atoms with Gasteiger partial charge < -0.3 is 15.8 Å². The van der Waals surface area contributed by atoms with E-state index in [9.17, 15) is 4.79 Å². The van der Waals surface area contributed by atoms with E-state index in [0.717, 1.165) is 30.0 Å². The lowest BCUT2D eigenvalue weighted by molar-refractivity contribution is -0.117. The second-order valence-corrected chi connectivity index (χ2v) is 5.11. The monoisotopic (exact) mass is 319 g/mol. The van der Waals surface area contributed by atoms with Crippen molar-refractivity contribution in [1.29, 1.82) is 0 Å². The third-order valence-corrected chi connectivity index (χ3v) is 3.40. The number of carbonyl (C=O) groups excluding carboxylic acids is 1. The van der Waals surface area contributed by atoms with E-state index in [1.54, 1.807) is 13.0 Å². The Kier molecular flexibility index (Phi) is 5.00. The van der Waals surface area contributed by atoms with Crippen LogP contribution in [0.1, 0.15) is 12.5 Å². The molecule has 0 bridgehead atoms. The highest BCUT2D eigenvalue weighted by atomic mass is 35.5. The van der Waals surface area contributed by atoms with Crippen LogP contribution in [0.15, 0.2) is 36.4 Å².